The summed E-state index contributed by atoms with van der Waals surface area (Å²) in [4.78, 5) is 65.7. The second-order valence-corrected chi connectivity index (χ2v) is 8.28. The Kier molecular flexibility index (Phi) is 4.33. The van der Waals surface area contributed by atoms with Crippen LogP contribution in [0.1, 0.15) is 16.8 Å². The lowest BCUT2D eigenvalue weighted by molar-refractivity contribution is -0.179. The molecule has 2 saturated carbocycles. The molecule has 0 saturated heterocycles. The van der Waals surface area contributed by atoms with E-state index in [9.17, 15) is 34.2 Å². The molecule has 2 unspecified atom stereocenters. The van der Waals surface area contributed by atoms with Crippen molar-refractivity contribution in [1.82, 2.24) is 4.90 Å². The summed E-state index contributed by atoms with van der Waals surface area (Å²) in [5, 5.41) is 24.5. The van der Waals surface area contributed by atoms with Crippen LogP contribution in [-0.4, -0.2) is 75.9 Å². The number of nitrogens with zero attached hydrogens (tertiary/aromatic N) is 1. The molecule has 0 aromatic heterocycles. The molecule has 2 aliphatic carbocycles. The van der Waals surface area contributed by atoms with Crippen LogP contribution in [0.5, 0.6) is 5.75 Å². The van der Waals surface area contributed by atoms with Gasteiger partial charge >= 0.3 is 0 Å². The lowest BCUT2D eigenvalue weighted by Crippen LogP contribution is -2.75. The number of anilines is 1. The maximum atomic E-state index is 13.4. The average Bonchev–Trinajstić information content (AvgIpc) is 2.64. The first-order valence-corrected chi connectivity index (χ1v) is 9.45. The fraction of sp³-hybridized carbons (Fsp3) is 0.450. The van der Waals surface area contributed by atoms with Gasteiger partial charge in [-0.05, 0) is 32.6 Å². The van der Waals surface area contributed by atoms with Crippen molar-refractivity contribution in [3.63, 3.8) is 0 Å². The Hall–Kier alpha value is -3.11. The van der Waals surface area contributed by atoms with Crippen LogP contribution in [0.3, 0.4) is 0 Å². The van der Waals surface area contributed by atoms with Gasteiger partial charge in [-0.1, -0.05) is 6.07 Å². The lowest BCUT2D eigenvalue weighted by Gasteiger charge is -2.52. The van der Waals surface area contributed by atoms with E-state index in [1.807, 2.05) is 0 Å². The van der Waals surface area contributed by atoms with E-state index < -0.39 is 64.5 Å². The number of aromatic hydroxyl groups is 1. The Morgan fingerprint density at radius 2 is 1.87 bits per heavy atom. The van der Waals surface area contributed by atoms with E-state index in [0.29, 0.717) is 5.69 Å². The third-order valence-electron chi connectivity index (χ3n) is 6.45. The Morgan fingerprint density at radius 1 is 1.20 bits per heavy atom. The lowest BCUT2D eigenvalue weighted by atomic mass is 9.55. The van der Waals surface area contributed by atoms with Gasteiger partial charge in [0.1, 0.15) is 11.7 Å². The summed E-state index contributed by atoms with van der Waals surface area (Å²) in [5.41, 5.74) is 2.74. The zero-order valence-corrected chi connectivity index (χ0v) is 16.3. The van der Waals surface area contributed by atoms with Crippen molar-refractivity contribution in [3.05, 3.63) is 23.8 Å². The molecule has 1 aromatic carbocycles. The van der Waals surface area contributed by atoms with Gasteiger partial charge in [0, 0.05) is 17.6 Å². The van der Waals surface area contributed by atoms with Gasteiger partial charge in [0.15, 0.2) is 34.7 Å². The first kappa shape index (κ1) is 20.2. The maximum Gasteiger partial charge on any atom is 0.235 e. The minimum atomic E-state index is -2.72. The number of nitrogens with two attached hydrogens (primary N) is 1. The van der Waals surface area contributed by atoms with Crippen LogP contribution in [0, 0.1) is 17.8 Å². The highest BCUT2D eigenvalue weighted by Gasteiger charge is 2.69. The van der Waals surface area contributed by atoms with E-state index in [0.717, 1.165) is 0 Å². The van der Waals surface area contributed by atoms with Crippen molar-refractivity contribution in [2.24, 2.45) is 23.5 Å². The number of amides is 1. The third kappa shape index (κ3) is 2.40. The highest BCUT2D eigenvalue weighted by Crippen LogP contribution is 2.48. The summed E-state index contributed by atoms with van der Waals surface area (Å²) in [6, 6.07) is 2.47. The summed E-state index contributed by atoms with van der Waals surface area (Å²) in [5.74, 6) is -10.1. The van der Waals surface area contributed by atoms with Crippen LogP contribution in [0.4, 0.5) is 5.69 Å². The number of benzene rings is 1. The zero-order chi connectivity index (χ0) is 22.1. The molecule has 10 nitrogen and oxygen atoms in total. The number of hydrogen-bond donors (Lipinski definition) is 4. The monoisotopic (exact) mass is 415 g/mol. The number of carbonyl (C=O) groups is 5. The number of hydrogen-bond acceptors (Lipinski definition) is 9. The topological polar surface area (TPSA) is 167 Å². The number of Topliss-reactive ketones (excluding diaryl/α,β-unsaturated/α-hetero) is 4. The molecule has 1 heterocycles. The van der Waals surface area contributed by atoms with Gasteiger partial charge in [0.05, 0.1) is 11.6 Å². The van der Waals surface area contributed by atoms with Crippen LogP contribution in [0.15, 0.2) is 18.2 Å². The number of ketones is 4. The SMILES string of the molecule is CN(C)[C@@H]1C(=O)C(C(N)=O)C(=O)[C@@]2(O)C(=O)C3C(=O)c4c(O)cccc4N[C@H]3C[C@@H]12. The van der Waals surface area contributed by atoms with E-state index in [2.05, 4.69) is 5.32 Å². The zero-order valence-electron chi connectivity index (χ0n) is 16.3. The van der Waals surface area contributed by atoms with Crippen LogP contribution in [0.25, 0.3) is 0 Å². The van der Waals surface area contributed by atoms with Crippen molar-refractivity contribution >= 4 is 34.7 Å². The number of aliphatic hydroxyl groups is 1. The highest BCUT2D eigenvalue weighted by atomic mass is 16.3. The number of primary amides is 1. The fourth-order valence-corrected chi connectivity index (χ4v) is 5.17. The van der Waals surface area contributed by atoms with Crippen molar-refractivity contribution in [1.29, 1.82) is 0 Å². The van der Waals surface area contributed by atoms with E-state index in [1.54, 1.807) is 6.07 Å². The Balaban J connectivity index is 1.87. The van der Waals surface area contributed by atoms with Crippen molar-refractivity contribution in [3.8, 4) is 5.75 Å². The van der Waals surface area contributed by atoms with Crippen LogP contribution < -0.4 is 11.1 Å². The van der Waals surface area contributed by atoms with Gasteiger partial charge < -0.3 is 21.3 Å². The minimum Gasteiger partial charge on any atom is -0.507 e. The number of phenols is 1. The number of carbonyl (C=O) groups excluding carboxylic acids is 5. The minimum absolute atomic E-state index is 0.0560. The second-order valence-electron chi connectivity index (χ2n) is 8.28. The van der Waals surface area contributed by atoms with Crippen molar-refractivity contribution in [2.45, 2.75) is 24.1 Å². The number of phenolic OH excluding ortho intramolecular Hbond substituents is 1. The molecule has 0 spiro atoms. The number of likely N-dealkylation sites (N-methyl/N-ethyl adjacent to an activating group) is 1. The molecule has 5 N–H and O–H groups in total. The average molecular weight is 415 g/mol. The normalized spacial score (nSPS) is 35.4. The molecule has 0 radical (unpaired) electrons. The quantitative estimate of drug-likeness (QED) is 0.420. The summed E-state index contributed by atoms with van der Waals surface area (Å²) >= 11 is 0. The largest absolute Gasteiger partial charge is 0.507 e. The van der Waals surface area contributed by atoms with Crippen LogP contribution >= 0.6 is 0 Å². The number of nitrogens with one attached hydrogen (secondary N) is 1. The van der Waals surface area contributed by atoms with Crippen LogP contribution in [-0.2, 0) is 19.2 Å². The van der Waals surface area contributed by atoms with Gasteiger partial charge in [-0.3, -0.25) is 28.9 Å². The first-order chi connectivity index (χ1) is 14.0. The molecule has 10 heteroatoms. The standard InChI is InChI=1S/C20H21N3O7/c1-23(2)14-7-6-9-12(15(25)11-8(22-9)4-3-5-10(11)24)17(27)20(7,30)18(28)13(16(14)26)19(21)29/h3-5,7,9,12-14,22,24,30H,6H2,1-2H3,(H2,21,29)/t7-,9-,12?,13?,14-,20-/m0/s1. The van der Waals surface area contributed by atoms with E-state index in [4.69, 9.17) is 5.73 Å². The maximum absolute atomic E-state index is 13.4. The van der Waals surface area contributed by atoms with Gasteiger partial charge in [-0.15, -0.1) is 0 Å². The molecule has 1 amide bonds. The molecule has 158 valence electrons. The summed E-state index contributed by atoms with van der Waals surface area (Å²) in [6.07, 6.45) is -0.0560. The predicted octanol–water partition coefficient (Wildman–Crippen LogP) is -1.51. The second kappa shape index (κ2) is 6.44. The van der Waals surface area contributed by atoms with E-state index in [-0.39, 0.29) is 17.7 Å². The Labute approximate surface area is 171 Å². The van der Waals surface area contributed by atoms with Gasteiger partial charge in [0.2, 0.25) is 5.91 Å². The van der Waals surface area contributed by atoms with Gasteiger partial charge in [-0.2, -0.15) is 0 Å². The molecule has 3 aliphatic rings. The highest BCUT2D eigenvalue weighted by molar-refractivity contribution is 6.32. The first-order valence-electron chi connectivity index (χ1n) is 9.45. The van der Waals surface area contributed by atoms with Crippen LogP contribution in [0.2, 0.25) is 0 Å². The number of fused-ring (bicyclic) bond motifs is 3. The van der Waals surface area contributed by atoms with Gasteiger partial charge in [0.25, 0.3) is 0 Å². The van der Waals surface area contributed by atoms with E-state index in [1.165, 1.54) is 31.1 Å². The molecule has 4 rings (SSSR count). The molecule has 2 fully saturated rings. The summed E-state index contributed by atoms with van der Waals surface area (Å²) in [7, 11) is 3.06. The summed E-state index contributed by atoms with van der Waals surface area (Å²) < 4.78 is 0. The molecule has 0 bridgehead atoms. The molecule has 30 heavy (non-hydrogen) atoms. The predicted molar refractivity (Wildman–Crippen MR) is 102 cm³/mol. The number of rotatable bonds is 2. The fourth-order valence-electron chi connectivity index (χ4n) is 5.17. The molecular formula is C20H21N3O7. The Morgan fingerprint density at radius 3 is 2.47 bits per heavy atom. The molecule has 6 atom stereocenters. The molecular weight excluding hydrogens is 394 g/mol. The van der Waals surface area contributed by atoms with Crippen molar-refractivity contribution < 1.29 is 34.2 Å². The smallest absolute Gasteiger partial charge is 0.235 e. The molecule has 1 aromatic rings. The molecule has 1 aliphatic heterocycles. The van der Waals surface area contributed by atoms with E-state index >= 15 is 0 Å². The third-order valence-corrected chi connectivity index (χ3v) is 6.45. The van der Waals surface area contributed by atoms with Crippen molar-refractivity contribution in [2.75, 3.05) is 19.4 Å². The Bertz CT molecular complexity index is 1020. The van der Waals surface area contributed by atoms with Gasteiger partial charge in [-0.25, -0.2) is 0 Å². The summed E-state index contributed by atoms with van der Waals surface area (Å²) in [6.45, 7) is 0.